The van der Waals surface area contributed by atoms with E-state index in [1.807, 2.05) is 0 Å². The Morgan fingerprint density at radius 2 is 1.56 bits per heavy atom. The van der Waals surface area contributed by atoms with E-state index in [9.17, 15) is 21.6 Å². The Labute approximate surface area is 208 Å². The Bertz CT molecular complexity index is 1430. The van der Waals surface area contributed by atoms with Gasteiger partial charge in [0.1, 0.15) is 6.54 Å². The summed E-state index contributed by atoms with van der Waals surface area (Å²) in [7, 11) is -7.70. The van der Waals surface area contributed by atoms with E-state index in [-0.39, 0.29) is 20.6 Å². The van der Waals surface area contributed by atoms with Crippen LogP contribution in [-0.2, 0) is 24.8 Å². The van der Waals surface area contributed by atoms with E-state index in [1.165, 1.54) is 36.4 Å². The van der Waals surface area contributed by atoms with Crippen molar-refractivity contribution in [2.75, 3.05) is 27.1 Å². The molecule has 0 aliphatic rings. The van der Waals surface area contributed by atoms with E-state index in [0.717, 1.165) is 10.6 Å². The van der Waals surface area contributed by atoms with Crippen LogP contribution in [-0.4, -0.2) is 35.5 Å². The van der Waals surface area contributed by atoms with Crippen LogP contribution >= 0.6 is 23.2 Å². The summed E-state index contributed by atoms with van der Waals surface area (Å²) < 4.78 is 53.3. The summed E-state index contributed by atoms with van der Waals surface area (Å²) in [6.07, 6.45) is 1.02. The highest BCUT2D eigenvalue weighted by molar-refractivity contribution is 7.92. The molecule has 0 atom stereocenters. The standard InChI is InChI=1S/C22H21Cl2N3O5S2/c1-15-6-3-4-9-20(15)27(33(2,29)30)14-21(28)25-16-10-12-17(13-11-16)34(31,32)26-19-8-5-7-18(23)22(19)24/h3-13,26H,14H2,1-2H3,(H,25,28). The maximum atomic E-state index is 12.7. The fourth-order valence-electron chi connectivity index (χ4n) is 3.06. The van der Waals surface area contributed by atoms with Gasteiger partial charge in [-0.25, -0.2) is 16.8 Å². The first-order valence-electron chi connectivity index (χ1n) is 9.78. The first kappa shape index (κ1) is 25.8. The third-order valence-electron chi connectivity index (χ3n) is 4.72. The van der Waals surface area contributed by atoms with Crippen LogP contribution in [0.2, 0.25) is 10.0 Å². The van der Waals surface area contributed by atoms with Gasteiger partial charge in [0.15, 0.2) is 0 Å². The van der Waals surface area contributed by atoms with Crippen molar-refractivity contribution in [3.63, 3.8) is 0 Å². The Kier molecular flexibility index (Phi) is 7.77. The van der Waals surface area contributed by atoms with Gasteiger partial charge in [-0.3, -0.25) is 13.8 Å². The molecule has 0 aliphatic heterocycles. The second-order valence-electron chi connectivity index (χ2n) is 7.34. The fourth-order valence-corrected chi connectivity index (χ4v) is 5.45. The van der Waals surface area contributed by atoms with Gasteiger partial charge in [0.2, 0.25) is 15.9 Å². The Hall–Kier alpha value is -2.79. The number of carbonyl (C=O) groups excluding carboxylic acids is 1. The summed E-state index contributed by atoms with van der Waals surface area (Å²) in [5, 5.41) is 2.85. The number of nitrogens with zero attached hydrogens (tertiary/aromatic N) is 1. The zero-order chi connectivity index (χ0) is 25.1. The van der Waals surface area contributed by atoms with Gasteiger partial charge in [-0.1, -0.05) is 47.5 Å². The highest BCUT2D eigenvalue weighted by atomic mass is 35.5. The summed E-state index contributed by atoms with van der Waals surface area (Å²) in [6, 6.07) is 16.8. The van der Waals surface area contributed by atoms with E-state index in [2.05, 4.69) is 10.0 Å². The number of hydrogen-bond acceptors (Lipinski definition) is 5. The number of sulfonamides is 2. The zero-order valence-corrected chi connectivity index (χ0v) is 21.3. The number of aryl methyl sites for hydroxylation is 1. The molecule has 180 valence electrons. The lowest BCUT2D eigenvalue weighted by Crippen LogP contribution is -2.37. The van der Waals surface area contributed by atoms with Gasteiger partial charge in [-0.15, -0.1) is 0 Å². The molecule has 0 aromatic heterocycles. The van der Waals surface area contributed by atoms with Crippen molar-refractivity contribution in [3.05, 3.63) is 82.3 Å². The maximum Gasteiger partial charge on any atom is 0.261 e. The van der Waals surface area contributed by atoms with Crippen molar-refractivity contribution in [2.45, 2.75) is 11.8 Å². The summed E-state index contributed by atoms with van der Waals surface area (Å²) in [4.78, 5) is 12.5. The van der Waals surface area contributed by atoms with Crippen molar-refractivity contribution in [3.8, 4) is 0 Å². The van der Waals surface area contributed by atoms with Crippen LogP contribution in [0, 0.1) is 6.92 Å². The number of carbonyl (C=O) groups is 1. The highest BCUT2D eigenvalue weighted by Gasteiger charge is 2.22. The van der Waals surface area contributed by atoms with E-state index in [0.29, 0.717) is 16.9 Å². The van der Waals surface area contributed by atoms with E-state index in [1.54, 1.807) is 37.3 Å². The van der Waals surface area contributed by atoms with Gasteiger partial charge in [-0.2, -0.15) is 0 Å². The van der Waals surface area contributed by atoms with Crippen molar-refractivity contribution >= 4 is 66.2 Å². The van der Waals surface area contributed by atoms with Crippen LogP contribution < -0.4 is 14.3 Å². The highest BCUT2D eigenvalue weighted by Crippen LogP contribution is 2.31. The second kappa shape index (κ2) is 10.2. The lowest BCUT2D eigenvalue weighted by Gasteiger charge is -2.23. The molecule has 3 aromatic carbocycles. The molecule has 0 unspecified atom stereocenters. The average molecular weight is 542 g/mol. The van der Waals surface area contributed by atoms with Crippen molar-refractivity contribution in [2.24, 2.45) is 0 Å². The smallest absolute Gasteiger partial charge is 0.261 e. The lowest BCUT2D eigenvalue weighted by molar-refractivity contribution is -0.114. The van der Waals surface area contributed by atoms with Crippen molar-refractivity contribution in [1.29, 1.82) is 0 Å². The monoisotopic (exact) mass is 541 g/mol. The SMILES string of the molecule is Cc1ccccc1N(CC(=O)Nc1ccc(S(=O)(=O)Nc2cccc(Cl)c2Cl)cc1)S(C)(=O)=O. The summed E-state index contributed by atoms with van der Waals surface area (Å²) in [5.41, 5.74) is 1.52. The molecule has 2 N–H and O–H groups in total. The summed E-state index contributed by atoms with van der Waals surface area (Å²) in [6.45, 7) is 1.30. The van der Waals surface area contributed by atoms with Crippen molar-refractivity contribution < 1.29 is 21.6 Å². The number of halogens is 2. The van der Waals surface area contributed by atoms with Gasteiger partial charge in [0, 0.05) is 5.69 Å². The van der Waals surface area contributed by atoms with E-state index < -0.39 is 32.5 Å². The minimum atomic E-state index is -3.97. The molecule has 1 amide bonds. The minimum absolute atomic E-state index is 0.0701. The predicted molar refractivity (Wildman–Crippen MR) is 136 cm³/mol. The Balaban J connectivity index is 1.74. The molecule has 3 aromatic rings. The van der Waals surface area contributed by atoms with Gasteiger partial charge < -0.3 is 5.32 Å². The summed E-state index contributed by atoms with van der Waals surface area (Å²) >= 11 is 12.0. The number of amides is 1. The number of anilines is 3. The van der Waals surface area contributed by atoms with Gasteiger partial charge in [0.25, 0.3) is 10.0 Å². The van der Waals surface area contributed by atoms with Crippen LogP contribution in [0.4, 0.5) is 17.1 Å². The molecule has 0 radical (unpaired) electrons. The van der Waals surface area contributed by atoms with Crippen LogP contribution in [0.5, 0.6) is 0 Å². The quantitative estimate of drug-likeness (QED) is 0.435. The number of para-hydroxylation sites is 1. The third kappa shape index (κ3) is 6.20. The van der Waals surface area contributed by atoms with E-state index >= 15 is 0 Å². The summed E-state index contributed by atoms with van der Waals surface area (Å²) in [5.74, 6) is -0.590. The molecule has 0 heterocycles. The minimum Gasteiger partial charge on any atom is -0.325 e. The molecule has 0 fully saturated rings. The van der Waals surface area contributed by atoms with Gasteiger partial charge in [-0.05, 0) is 55.0 Å². The number of benzene rings is 3. The Morgan fingerprint density at radius 3 is 2.18 bits per heavy atom. The molecule has 0 bridgehead atoms. The molecular formula is C22H21Cl2N3O5S2. The maximum absolute atomic E-state index is 12.7. The fraction of sp³-hybridized carbons (Fsp3) is 0.136. The zero-order valence-electron chi connectivity index (χ0n) is 18.1. The second-order valence-corrected chi connectivity index (χ2v) is 11.7. The topological polar surface area (TPSA) is 113 Å². The molecule has 8 nitrogen and oxygen atoms in total. The third-order valence-corrected chi connectivity index (χ3v) is 8.04. The van der Waals surface area contributed by atoms with Crippen LogP contribution in [0.25, 0.3) is 0 Å². The lowest BCUT2D eigenvalue weighted by atomic mass is 10.2. The molecule has 0 saturated heterocycles. The molecule has 34 heavy (non-hydrogen) atoms. The number of rotatable bonds is 8. The molecular weight excluding hydrogens is 521 g/mol. The van der Waals surface area contributed by atoms with Crippen LogP contribution in [0.1, 0.15) is 5.56 Å². The van der Waals surface area contributed by atoms with E-state index in [4.69, 9.17) is 23.2 Å². The Morgan fingerprint density at radius 1 is 0.912 bits per heavy atom. The molecule has 12 heteroatoms. The molecule has 0 aliphatic carbocycles. The normalized spacial score (nSPS) is 11.6. The van der Waals surface area contributed by atoms with Crippen molar-refractivity contribution in [1.82, 2.24) is 0 Å². The molecule has 3 rings (SSSR count). The van der Waals surface area contributed by atoms with Crippen LogP contribution in [0.15, 0.2) is 71.6 Å². The average Bonchev–Trinajstić information content (AvgIpc) is 2.75. The van der Waals surface area contributed by atoms with Gasteiger partial charge >= 0.3 is 0 Å². The number of nitrogens with one attached hydrogen (secondary N) is 2. The largest absolute Gasteiger partial charge is 0.325 e. The van der Waals surface area contributed by atoms with Crippen LogP contribution in [0.3, 0.4) is 0 Å². The predicted octanol–water partition coefficient (Wildman–Crippen LogP) is 4.51. The molecule has 0 spiro atoms. The van der Waals surface area contributed by atoms with Gasteiger partial charge in [0.05, 0.1) is 32.6 Å². The molecule has 0 saturated carbocycles. The number of hydrogen-bond donors (Lipinski definition) is 2. The first-order valence-corrected chi connectivity index (χ1v) is 13.9. The first-order chi connectivity index (χ1) is 15.9.